The molecule has 0 aromatic rings. The Kier molecular flexibility index (Phi) is 6.14. The molecule has 0 aliphatic heterocycles. The van der Waals surface area contributed by atoms with E-state index in [0.29, 0.717) is 6.42 Å². The van der Waals surface area contributed by atoms with Gasteiger partial charge in [0.2, 0.25) is 0 Å². The maximum absolute atomic E-state index is 10.8. The molecule has 0 aromatic heterocycles. The van der Waals surface area contributed by atoms with Crippen LogP contribution in [0.3, 0.4) is 0 Å². The molecule has 0 saturated heterocycles. The van der Waals surface area contributed by atoms with Crippen LogP contribution < -0.4 is 0 Å². The molecule has 0 spiro atoms. The first-order valence-corrected chi connectivity index (χ1v) is 6.07. The molecule has 0 unspecified atom stereocenters. The van der Waals surface area contributed by atoms with Gasteiger partial charge in [0.1, 0.15) is 0 Å². The van der Waals surface area contributed by atoms with Crippen molar-refractivity contribution in [2.45, 2.75) is 57.8 Å². The van der Waals surface area contributed by atoms with Crippen LogP contribution in [0.15, 0.2) is 11.6 Å². The fraction of sp³-hybridized carbons (Fsp3) is 0.769. The van der Waals surface area contributed by atoms with Crippen molar-refractivity contribution in [1.82, 2.24) is 0 Å². The number of allylic oxidation sites excluding steroid dienone is 2. The Morgan fingerprint density at radius 1 is 1.33 bits per heavy atom. The predicted octanol–water partition coefficient (Wildman–Crippen LogP) is 3.61. The van der Waals surface area contributed by atoms with Gasteiger partial charge in [-0.05, 0) is 38.5 Å². The van der Waals surface area contributed by atoms with Gasteiger partial charge in [-0.2, -0.15) is 0 Å². The summed E-state index contributed by atoms with van der Waals surface area (Å²) in [5.74, 6) is -0.0755. The number of hydrogen-bond acceptors (Lipinski definition) is 2. The van der Waals surface area contributed by atoms with Gasteiger partial charge < -0.3 is 4.74 Å². The van der Waals surface area contributed by atoms with Crippen LogP contribution in [0.1, 0.15) is 57.8 Å². The van der Waals surface area contributed by atoms with Gasteiger partial charge in [0.25, 0.3) is 0 Å². The van der Waals surface area contributed by atoms with Gasteiger partial charge in [-0.1, -0.05) is 24.5 Å². The molecule has 86 valence electrons. The van der Waals surface area contributed by atoms with E-state index < -0.39 is 0 Å². The van der Waals surface area contributed by atoms with E-state index in [1.165, 1.54) is 45.6 Å². The van der Waals surface area contributed by atoms with E-state index in [0.717, 1.165) is 12.8 Å². The Labute approximate surface area is 92.7 Å². The molecule has 0 atom stereocenters. The molecule has 1 aliphatic carbocycles. The minimum absolute atomic E-state index is 0.0755. The normalized spacial score (nSPS) is 15.1. The van der Waals surface area contributed by atoms with Crippen LogP contribution >= 0.6 is 0 Å². The number of unbranched alkanes of at least 4 members (excludes halogenated alkanes) is 3. The third kappa shape index (κ3) is 5.60. The Morgan fingerprint density at radius 2 is 2.13 bits per heavy atom. The van der Waals surface area contributed by atoms with Crippen LogP contribution in [-0.2, 0) is 9.53 Å². The van der Waals surface area contributed by atoms with E-state index in [1.54, 1.807) is 5.57 Å². The Balaban J connectivity index is 1.86. The number of carbonyl (C=O) groups is 1. The molecule has 0 amide bonds. The van der Waals surface area contributed by atoms with Crippen molar-refractivity contribution < 1.29 is 9.53 Å². The number of methoxy groups -OCH3 is 1. The molecule has 2 heteroatoms. The number of rotatable bonds is 7. The second-order valence-corrected chi connectivity index (χ2v) is 4.24. The Bertz CT molecular complexity index is 219. The maximum Gasteiger partial charge on any atom is 0.305 e. The van der Waals surface area contributed by atoms with Gasteiger partial charge in [0.05, 0.1) is 7.11 Å². The lowest BCUT2D eigenvalue weighted by molar-refractivity contribution is -0.140. The van der Waals surface area contributed by atoms with Crippen LogP contribution in [0, 0.1) is 0 Å². The molecule has 0 fully saturated rings. The summed E-state index contributed by atoms with van der Waals surface area (Å²) in [5.41, 5.74) is 1.66. The van der Waals surface area contributed by atoms with Crippen molar-refractivity contribution in [3.05, 3.63) is 11.6 Å². The summed E-state index contributed by atoms with van der Waals surface area (Å²) in [6, 6.07) is 0. The highest BCUT2D eigenvalue weighted by Crippen LogP contribution is 2.22. The van der Waals surface area contributed by atoms with Crippen LogP contribution in [0.2, 0.25) is 0 Å². The molecule has 0 radical (unpaired) electrons. The van der Waals surface area contributed by atoms with Crippen LogP contribution in [-0.4, -0.2) is 13.1 Å². The number of esters is 1. The predicted molar refractivity (Wildman–Crippen MR) is 61.7 cm³/mol. The summed E-state index contributed by atoms with van der Waals surface area (Å²) in [6.07, 6.45) is 12.9. The largest absolute Gasteiger partial charge is 0.469 e. The first-order chi connectivity index (χ1) is 7.33. The molecule has 0 heterocycles. The highest BCUT2D eigenvalue weighted by Gasteiger charge is 2.04. The van der Waals surface area contributed by atoms with E-state index >= 15 is 0 Å². The van der Waals surface area contributed by atoms with Gasteiger partial charge >= 0.3 is 5.97 Å². The molecular weight excluding hydrogens is 188 g/mol. The third-order valence-corrected chi connectivity index (χ3v) is 2.99. The van der Waals surface area contributed by atoms with E-state index in [2.05, 4.69) is 10.8 Å². The molecular formula is C13H22O2. The van der Waals surface area contributed by atoms with Crippen molar-refractivity contribution in [3.8, 4) is 0 Å². The van der Waals surface area contributed by atoms with Gasteiger partial charge in [0.15, 0.2) is 0 Å². The molecule has 15 heavy (non-hydrogen) atoms. The highest BCUT2D eigenvalue weighted by molar-refractivity contribution is 5.68. The third-order valence-electron chi connectivity index (χ3n) is 2.99. The zero-order valence-corrected chi connectivity index (χ0v) is 9.76. The Morgan fingerprint density at radius 3 is 2.80 bits per heavy atom. The average Bonchev–Trinajstić information content (AvgIpc) is 2.75. The van der Waals surface area contributed by atoms with Gasteiger partial charge in [-0.3, -0.25) is 4.79 Å². The maximum atomic E-state index is 10.8. The zero-order chi connectivity index (χ0) is 10.9. The molecule has 0 saturated carbocycles. The van der Waals surface area contributed by atoms with Gasteiger partial charge in [-0.15, -0.1) is 0 Å². The van der Waals surface area contributed by atoms with Crippen molar-refractivity contribution in [2.75, 3.05) is 7.11 Å². The zero-order valence-electron chi connectivity index (χ0n) is 9.76. The molecule has 0 N–H and O–H groups in total. The molecule has 1 aliphatic rings. The lowest BCUT2D eigenvalue weighted by Gasteiger charge is -2.02. The minimum atomic E-state index is -0.0755. The fourth-order valence-electron chi connectivity index (χ4n) is 2.04. The highest BCUT2D eigenvalue weighted by atomic mass is 16.5. The summed E-state index contributed by atoms with van der Waals surface area (Å²) in [6.45, 7) is 0. The van der Waals surface area contributed by atoms with Crippen LogP contribution in [0.25, 0.3) is 0 Å². The van der Waals surface area contributed by atoms with E-state index in [9.17, 15) is 4.79 Å². The standard InChI is InChI=1S/C13H22O2/c1-15-13(14)11-5-3-2-4-8-12-9-6-7-10-12/h9H,2-8,10-11H2,1H3. The smallest absolute Gasteiger partial charge is 0.305 e. The van der Waals surface area contributed by atoms with E-state index in [-0.39, 0.29) is 5.97 Å². The molecule has 1 rings (SSSR count). The minimum Gasteiger partial charge on any atom is -0.469 e. The van der Waals surface area contributed by atoms with Gasteiger partial charge in [-0.25, -0.2) is 0 Å². The quantitative estimate of drug-likeness (QED) is 0.364. The average molecular weight is 210 g/mol. The van der Waals surface area contributed by atoms with Crippen molar-refractivity contribution >= 4 is 5.97 Å². The topological polar surface area (TPSA) is 26.3 Å². The number of ether oxygens (including phenoxy) is 1. The van der Waals surface area contributed by atoms with Gasteiger partial charge in [0, 0.05) is 6.42 Å². The Hall–Kier alpha value is -0.790. The summed E-state index contributed by atoms with van der Waals surface area (Å²) in [4.78, 5) is 10.8. The lowest BCUT2D eigenvalue weighted by atomic mass is 10.1. The summed E-state index contributed by atoms with van der Waals surface area (Å²) >= 11 is 0. The summed E-state index contributed by atoms with van der Waals surface area (Å²) in [5, 5.41) is 0. The molecule has 0 bridgehead atoms. The SMILES string of the molecule is COC(=O)CCCCCCC1=CCCC1. The van der Waals surface area contributed by atoms with Crippen LogP contribution in [0.4, 0.5) is 0 Å². The number of carbonyl (C=O) groups excluding carboxylic acids is 1. The van der Waals surface area contributed by atoms with Crippen molar-refractivity contribution in [3.63, 3.8) is 0 Å². The van der Waals surface area contributed by atoms with Crippen LogP contribution in [0.5, 0.6) is 0 Å². The van der Waals surface area contributed by atoms with Crippen molar-refractivity contribution in [1.29, 1.82) is 0 Å². The first kappa shape index (κ1) is 12.3. The second-order valence-electron chi connectivity index (χ2n) is 4.24. The van der Waals surface area contributed by atoms with Crippen molar-refractivity contribution in [2.24, 2.45) is 0 Å². The molecule has 0 aromatic carbocycles. The monoisotopic (exact) mass is 210 g/mol. The van der Waals surface area contributed by atoms with E-state index in [4.69, 9.17) is 0 Å². The summed E-state index contributed by atoms with van der Waals surface area (Å²) < 4.78 is 4.59. The second kappa shape index (κ2) is 7.49. The lowest BCUT2D eigenvalue weighted by Crippen LogP contribution is -1.99. The first-order valence-electron chi connectivity index (χ1n) is 6.07. The van der Waals surface area contributed by atoms with E-state index in [1.807, 2.05) is 0 Å². The molecule has 2 nitrogen and oxygen atoms in total. The number of hydrogen-bond donors (Lipinski definition) is 0. The fourth-order valence-corrected chi connectivity index (χ4v) is 2.04. The summed E-state index contributed by atoms with van der Waals surface area (Å²) in [7, 11) is 1.45.